The van der Waals surface area contributed by atoms with Crippen molar-refractivity contribution in [2.24, 2.45) is 0 Å². The third kappa shape index (κ3) is 5.44. The SMILES string of the molecule is C[C@H](CCC(=O)c1ccc(F)cc1C(F)(F)F)N(C(=O)O)C(C)(C)C. The summed E-state index contributed by atoms with van der Waals surface area (Å²) in [5.41, 5.74) is -2.66. The Morgan fingerprint density at radius 1 is 1.20 bits per heavy atom. The fraction of sp³-hybridized carbons (Fsp3) is 0.529. The van der Waals surface area contributed by atoms with Gasteiger partial charge in [-0.2, -0.15) is 13.2 Å². The molecule has 0 fully saturated rings. The number of nitrogens with zero attached hydrogens (tertiary/aromatic N) is 1. The van der Waals surface area contributed by atoms with E-state index in [-0.39, 0.29) is 18.9 Å². The molecule has 1 amide bonds. The van der Waals surface area contributed by atoms with Crippen LogP contribution in [-0.4, -0.2) is 33.5 Å². The Kier molecular flexibility index (Phi) is 6.20. The van der Waals surface area contributed by atoms with E-state index < -0.39 is 46.6 Å². The van der Waals surface area contributed by atoms with E-state index in [1.165, 1.54) is 0 Å². The average molecular weight is 363 g/mol. The van der Waals surface area contributed by atoms with Crippen molar-refractivity contribution in [1.29, 1.82) is 0 Å². The van der Waals surface area contributed by atoms with Gasteiger partial charge in [0.2, 0.25) is 0 Å². The van der Waals surface area contributed by atoms with Gasteiger partial charge in [0.25, 0.3) is 0 Å². The number of halogens is 4. The number of hydrogen-bond donors (Lipinski definition) is 1. The summed E-state index contributed by atoms with van der Waals surface area (Å²) in [7, 11) is 0. The fourth-order valence-corrected chi connectivity index (χ4v) is 2.73. The molecule has 140 valence electrons. The summed E-state index contributed by atoms with van der Waals surface area (Å²) in [6, 6.07) is 1.32. The maximum Gasteiger partial charge on any atom is 0.417 e. The van der Waals surface area contributed by atoms with Crippen LogP contribution in [0, 0.1) is 5.82 Å². The number of rotatable bonds is 5. The predicted molar refractivity (Wildman–Crippen MR) is 84.0 cm³/mol. The molecule has 0 saturated carbocycles. The third-order valence-electron chi connectivity index (χ3n) is 3.75. The topological polar surface area (TPSA) is 57.6 Å². The highest BCUT2D eigenvalue weighted by Gasteiger charge is 2.36. The second kappa shape index (κ2) is 7.41. The van der Waals surface area contributed by atoms with Gasteiger partial charge in [-0.1, -0.05) is 0 Å². The van der Waals surface area contributed by atoms with Crippen molar-refractivity contribution in [3.05, 3.63) is 35.1 Å². The number of carboxylic acid groups (broad SMARTS) is 1. The summed E-state index contributed by atoms with van der Waals surface area (Å²) >= 11 is 0. The van der Waals surface area contributed by atoms with E-state index in [1.54, 1.807) is 27.7 Å². The normalized spacial score (nSPS) is 13.4. The lowest BCUT2D eigenvalue weighted by atomic mass is 9.96. The highest BCUT2D eigenvalue weighted by Crippen LogP contribution is 2.33. The molecule has 0 aliphatic rings. The van der Waals surface area contributed by atoms with Crippen LogP contribution >= 0.6 is 0 Å². The number of hydrogen-bond acceptors (Lipinski definition) is 2. The summed E-state index contributed by atoms with van der Waals surface area (Å²) in [4.78, 5) is 24.7. The Morgan fingerprint density at radius 3 is 2.20 bits per heavy atom. The summed E-state index contributed by atoms with van der Waals surface area (Å²) in [6.45, 7) is 6.63. The zero-order valence-electron chi connectivity index (χ0n) is 14.4. The molecule has 0 radical (unpaired) electrons. The van der Waals surface area contributed by atoms with E-state index in [0.29, 0.717) is 0 Å². The number of carbonyl (C=O) groups is 2. The van der Waals surface area contributed by atoms with E-state index in [4.69, 9.17) is 0 Å². The molecule has 0 spiro atoms. The first-order valence-corrected chi connectivity index (χ1v) is 7.67. The first-order valence-electron chi connectivity index (χ1n) is 7.67. The lowest BCUT2D eigenvalue weighted by Gasteiger charge is -2.38. The smallest absolute Gasteiger partial charge is 0.417 e. The number of amides is 1. The van der Waals surface area contributed by atoms with Gasteiger partial charge in [0.15, 0.2) is 5.78 Å². The highest BCUT2D eigenvalue weighted by molar-refractivity contribution is 5.97. The van der Waals surface area contributed by atoms with Crippen LogP contribution in [0.25, 0.3) is 0 Å². The average Bonchev–Trinajstić information content (AvgIpc) is 2.41. The minimum Gasteiger partial charge on any atom is -0.465 e. The second-order valence-electron chi connectivity index (χ2n) is 6.82. The Labute approximate surface area is 143 Å². The molecule has 0 aliphatic heterocycles. The molecule has 8 heteroatoms. The second-order valence-corrected chi connectivity index (χ2v) is 6.82. The van der Waals surface area contributed by atoms with Crippen molar-refractivity contribution in [3.8, 4) is 0 Å². The summed E-state index contributed by atoms with van der Waals surface area (Å²) in [5.74, 6) is -1.89. The Morgan fingerprint density at radius 2 is 1.76 bits per heavy atom. The van der Waals surface area contributed by atoms with Crippen LogP contribution in [-0.2, 0) is 6.18 Å². The van der Waals surface area contributed by atoms with Crippen molar-refractivity contribution in [2.75, 3.05) is 0 Å². The molecule has 0 bridgehead atoms. The number of Topliss-reactive ketones (excluding diaryl/α,β-unsaturated/α-hetero) is 1. The fourth-order valence-electron chi connectivity index (χ4n) is 2.73. The van der Waals surface area contributed by atoms with Crippen LogP contribution in [0.4, 0.5) is 22.4 Å². The lowest BCUT2D eigenvalue weighted by Crippen LogP contribution is -2.50. The van der Waals surface area contributed by atoms with Crippen LogP contribution in [0.15, 0.2) is 18.2 Å². The molecule has 25 heavy (non-hydrogen) atoms. The molecule has 0 aliphatic carbocycles. The molecule has 0 aromatic heterocycles. The zero-order valence-corrected chi connectivity index (χ0v) is 14.4. The number of benzene rings is 1. The first-order chi connectivity index (χ1) is 11.2. The standard InChI is InChI=1S/C17H21F4NO3/c1-10(22(15(24)25)16(2,3)4)5-8-14(23)12-7-6-11(18)9-13(12)17(19,20)21/h6-7,9-10H,5,8H2,1-4H3,(H,24,25)/t10-/m1/s1. The van der Waals surface area contributed by atoms with Crippen LogP contribution in [0.3, 0.4) is 0 Å². The van der Waals surface area contributed by atoms with E-state index in [9.17, 15) is 32.3 Å². The first kappa shape index (κ1) is 20.9. The number of carbonyl (C=O) groups excluding carboxylic acids is 1. The minimum absolute atomic E-state index is 0.0527. The van der Waals surface area contributed by atoms with Crippen molar-refractivity contribution >= 4 is 11.9 Å². The van der Waals surface area contributed by atoms with Crippen LogP contribution in [0.2, 0.25) is 0 Å². The third-order valence-corrected chi connectivity index (χ3v) is 3.75. The van der Waals surface area contributed by atoms with Crippen LogP contribution < -0.4 is 0 Å². The van der Waals surface area contributed by atoms with Gasteiger partial charge >= 0.3 is 12.3 Å². The van der Waals surface area contributed by atoms with E-state index in [2.05, 4.69) is 0 Å². The molecular weight excluding hydrogens is 342 g/mol. The van der Waals surface area contributed by atoms with Gasteiger partial charge < -0.3 is 10.0 Å². The summed E-state index contributed by atoms with van der Waals surface area (Å²) in [6.07, 6.45) is -6.26. The summed E-state index contributed by atoms with van der Waals surface area (Å²) < 4.78 is 52.0. The number of ketones is 1. The van der Waals surface area contributed by atoms with Crippen molar-refractivity contribution in [2.45, 2.75) is 58.3 Å². The molecule has 0 unspecified atom stereocenters. The number of alkyl halides is 3. The molecule has 1 N–H and O–H groups in total. The van der Waals surface area contributed by atoms with Gasteiger partial charge in [-0.3, -0.25) is 4.79 Å². The monoisotopic (exact) mass is 363 g/mol. The molecule has 1 rings (SSSR count). The molecule has 1 aromatic rings. The van der Waals surface area contributed by atoms with Gasteiger partial charge in [-0.05, 0) is 52.3 Å². The molecule has 4 nitrogen and oxygen atoms in total. The Balaban J connectivity index is 2.96. The van der Waals surface area contributed by atoms with Gasteiger partial charge in [0.05, 0.1) is 5.56 Å². The molecule has 1 aromatic carbocycles. The maximum absolute atomic E-state index is 13.1. The van der Waals surface area contributed by atoms with E-state index >= 15 is 0 Å². The Hall–Kier alpha value is -2.12. The van der Waals surface area contributed by atoms with Gasteiger partial charge in [0.1, 0.15) is 5.82 Å². The molecule has 0 heterocycles. The minimum atomic E-state index is -4.85. The molecule has 0 saturated heterocycles. The Bertz CT molecular complexity index is 650. The largest absolute Gasteiger partial charge is 0.465 e. The van der Waals surface area contributed by atoms with Crippen molar-refractivity contribution < 1.29 is 32.3 Å². The maximum atomic E-state index is 13.1. The highest BCUT2D eigenvalue weighted by atomic mass is 19.4. The predicted octanol–water partition coefficient (Wildman–Crippen LogP) is 4.97. The molecular formula is C17H21F4NO3. The van der Waals surface area contributed by atoms with Gasteiger partial charge in [-0.25, -0.2) is 9.18 Å². The van der Waals surface area contributed by atoms with Crippen LogP contribution in [0.5, 0.6) is 0 Å². The van der Waals surface area contributed by atoms with Crippen molar-refractivity contribution in [1.82, 2.24) is 4.90 Å². The van der Waals surface area contributed by atoms with E-state index in [1.807, 2.05) is 0 Å². The zero-order chi connectivity index (χ0) is 19.6. The van der Waals surface area contributed by atoms with E-state index in [0.717, 1.165) is 17.0 Å². The van der Waals surface area contributed by atoms with Crippen LogP contribution in [0.1, 0.15) is 56.5 Å². The van der Waals surface area contributed by atoms with Crippen molar-refractivity contribution in [3.63, 3.8) is 0 Å². The lowest BCUT2D eigenvalue weighted by molar-refractivity contribution is -0.138. The van der Waals surface area contributed by atoms with Gasteiger partial charge in [0, 0.05) is 23.6 Å². The molecule has 1 atom stereocenters. The quantitative estimate of drug-likeness (QED) is 0.593. The summed E-state index contributed by atoms with van der Waals surface area (Å²) in [5, 5.41) is 9.29. The van der Waals surface area contributed by atoms with Gasteiger partial charge in [-0.15, -0.1) is 0 Å².